The van der Waals surface area contributed by atoms with Crippen LogP contribution in [-0.2, 0) is 10.0 Å². The third-order valence-corrected chi connectivity index (χ3v) is 5.54. The van der Waals surface area contributed by atoms with Crippen molar-refractivity contribution in [3.63, 3.8) is 0 Å². The minimum absolute atomic E-state index is 0.137. The highest BCUT2D eigenvalue weighted by atomic mass is 32.2. The summed E-state index contributed by atoms with van der Waals surface area (Å²) in [5.41, 5.74) is 7.65. The number of thiazole rings is 1. The predicted molar refractivity (Wildman–Crippen MR) is 95.8 cm³/mol. The molecule has 0 fully saturated rings. The summed E-state index contributed by atoms with van der Waals surface area (Å²) < 4.78 is 32.3. The maximum atomic E-state index is 12.3. The number of nitrogens with zero attached hydrogens (tertiary/aromatic N) is 1. The Morgan fingerprint density at radius 2 is 1.75 bits per heavy atom. The zero-order valence-electron chi connectivity index (χ0n) is 12.8. The first-order valence-corrected chi connectivity index (χ1v) is 9.32. The Labute approximate surface area is 144 Å². The van der Waals surface area contributed by atoms with Gasteiger partial charge >= 0.3 is 0 Å². The second-order valence-corrected chi connectivity index (χ2v) is 7.48. The van der Waals surface area contributed by atoms with Crippen LogP contribution in [0.4, 0.5) is 10.8 Å². The molecule has 3 N–H and O–H groups in total. The molecule has 8 heteroatoms. The molecule has 0 radical (unpaired) electrons. The number of nitrogen functional groups attached to an aromatic ring is 1. The zero-order chi connectivity index (χ0) is 17.2. The molecular formula is C16H15N3O3S2. The number of benzene rings is 2. The first-order valence-electron chi connectivity index (χ1n) is 6.96. The highest BCUT2D eigenvalue weighted by Gasteiger charge is 2.16. The lowest BCUT2D eigenvalue weighted by Crippen LogP contribution is -2.12. The van der Waals surface area contributed by atoms with E-state index < -0.39 is 10.0 Å². The van der Waals surface area contributed by atoms with Gasteiger partial charge in [0, 0.05) is 16.6 Å². The van der Waals surface area contributed by atoms with Crippen LogP contribution in [0, 0.1) is 0 Å². The summed E-state index contributed by atoms with van der Waals surface area (Å²) in [5.74, 6) is 0.748. The van der Waals surface area contributed by atoms with Crippen molar-refractivity contribution in [2.75, 3.05) is 17.6 Å². The Hall–Kier alpha value is -2.58. The zero-order valence-corrected chi connectivity index (χ0v) is 14.4. The molecule has 124 valence electrons. The van der Waals surface area contributed by atoms with E-state index >= 15 is 0 Å². The Bertz CT molecular complexity index is 933. The van der Waals surface area contributed by atoms with Crippen molar-refractivity contribution < 1.29 is 13.2 Å². The molecule has 1 aromatic heterocycles. The van der Waals surface area contributed by atoms with Crippen LogP contribution in [0.1, 0.15) is 0 Å². The first-order chi connectivity index (χ1) is 11.5. The van der Waals surface area contributed by atoms with Crippen molar-refractivity contribution in [2.45, 2.75) is 4.90 Å². The lowest BCUT2D eigenvalue weighted by Gasteiger charge is -2.05. The minimum Gasteiger partial charge on any atom is -0.497 e. The smallest absolute Gasteiger partial charge is 0.263 e. The second-order valence-electron chi connectivity index (χ2n) is 4.94. The largest absolute Gasteiger partial charge is 0.497 e. The van der Waals surface area contributed by atoms with E-state index in [9.17, 15) is 8.42 Å². The Balaban J connectivity index is 1.81. The van der Waals surface area contributed by atoms with E-state index in [4.69, 9.17) is 10.5 Å². The van der Waals surface area contributed by atoms with Gasteiger partial charge in [-0.05, 0) is 48.5 Å². The molecule has 0 aliphatic heterocycles. The van der Waals surface area contributed by atoms with Gasteiger partial charge < -0.3 is 10.5 Å². The lowest BCUT2D eigenvalue weighted by atomic mass is 10.2. The topological polar surface area (TPSA) is 94.3 Å². The molecule has 0 aliphatic carbocycles. The third kappa shape index (κ3) is 3.50. The number of sulfonamides is 1. The summed E-state index contributed by atoms with van der Waals surface area (Å²) in [4.78, 5) is 4.46. The molecule has 3 rings (SSSR count). The fourth-order valence-corrected chi connectivity index (χ4v) is 4.01. The van der Waals surface area contributed by atoms with Gasteiger partial charge in [0.25, 0.3) is 10.0 Å². The maximum Gasteiger partial charge on any atom is 0.263 e. The van der Waals surface area contributed by atoms with Gasteiger partial charge in [-0.1, -0.05) is 0 Å². The van der Waals surface area contributed by atoms with E-state index in [2.05, 4.69) is 9.71 Å². The van der Waals surface area contributed by atoms with Gasteiger partial charge in [0.15, 0.2) is 5.13 Å². The van der Waals surface area contributed by atoms with E-state index in [1.165, 1.54) is 23.5 Å². The van der Waals surface area contributed by atoms with Gasteiger partial charge in [0.05, 0.1) is 17.7 Å². The number of ether oxygens (including phenoxy) is 1. The van der Waals surface area contributed by atoms with Crippen molar-refractivity contribution in [2.24, 2.45) is 0 Å². The summed E-state index contributed by atoms with van der Waals surface area (Å²) >= 11 is 1.22. The number of aromatic nitrogens is 1. The number of hydrogen-bond acceptors (Lipinski definition) is 6. The monoisotopic (exact) mass is 361 g/mol. The normalized spacial score (nSPS) is 11.2. The van der Waals surface area contributed by atoms with Gasteiger partial charge in [-0.15, -0.1) is 11.3 Å². The van der Waals surface area contributed by atoms with Crippen molar-refractivity contribution >= 4 is 32.2 Å². The van der Waals surface area contributed by atoms with Crippen LogP contribution < -0.4 is 15.2 Å². The Morgan fingerprint density at radius 3 is 2.38 bits per heavy atom. The standard InChI is InChI=1S/C16H15N3O3S2/c1-22-13-6-2-11(3-7-13)15-10-23-16(18-15)19-24(20,21)14-8-4-12(17)5-9-14/h2-10H,17H2,1H3,(H,18,19). The summed E-state index contributed by atoms with van der Waals surface area (Å²) in [6.07, 6.45) is 0. The molecule has 0 saturated carbocycles. The number of hydrogen-bond donors (Lipinski definition) is 2. The van der Waals surface area contributed by atoms with Gasteiger partial charge in [-0.3, -0.25) is 4.72 Å². The molecule has 0 atom stereocenters. The molecule has 0 saturated heterocycles. The number of methoxy groups -OCH3 is 1. The van der Waals surface area contributed by atoms with Crippen molar-refractivity contribution in [3.8, 4) is 17.0 Å². The predicted octanol–water partition coefficient (Wildman–Crippen LogP) is 3.20. The van der Waals surface area contributed by atoms with Gasteiger partial charge in [0.1, 0.15) is 5.75 Å². The maximum absolute atomic E-state index is 12.3. The Kier molecular flexibility index (Phi) is 4.41. The molecule has 0 bridgehead atoms. The minimum atomic E-state index is -3.69. The lowest BCUT2D eigenvalue weighted by molar-refractivity contribution is 0.415. The molecule has 3 aromatic rings. The number of anilines is 2. The SMILES string of the molecule is COc1ccc(-c2csc(NS(=O)(=O)c3ccc(N)cc3)n2)cc1. The second kappa shape index (κ2) is 6.50. The molecule has 0 spiro atoms. The average Bonchev–Trinajstić information content (AvgIpc) is 3.03. The summed E-state index contributed by atoms with van der Waals surface area (Å²) in [6.45, 7) is 0. The molecule has 0 aliphatic rings. The highest BCUT2D eigenvalue weighted by Crippen LogP contribution is 2.28. The summed E-state index contributed by atoms with van der Waals surface area (Å²) in [5, 5.41) is 2.10. The molecule has 0 unspecified atom stereocenters. The third-order valence-electron chi connectivity index (χ3n) is 3.30. The van der Waals surface area contributed by atoms with Crippen LogP contribution in [0.25, 0.3) is 11.3 Å². The molecule has 6 nitrogen and oxygen atoms in total. The van der Waals surface area contributed by atoms with E-state index in [1.807, 2.05) is 24.3 Å². The van der Waals surface area contributed by atoms with E-state index in [0.29, 0.717) is 16.5 Å². The fraction of sp³-hybridized carbons (Fsp3) is 0.0625. The first kappa shape index (κ1) is 16.3. The number of nitrogens with two attached hydrogens (primary N) is 1. The van der Waals surface area contributed by atoms with Crippen LogP contribution >= 0.6 is 11.3 Å². The van der Waals surface area contributed by atoms with Crippen LogP contribution in [0.15, 0.2) is 58.8 Å². The van der Waals surface area contributed by atoms with E-state index in [-0.39, 0.29) is 4.90 Å². The van der Waals surface area contributed by atoms with Crippen LogP contribution in [0.3, 0.4) is 0 Å². The highest BCUT2D eigenvalue weighted by molar-refractivity contribution is 7.93. The van der Waals surface area contributed by atoms with Crippen molar-refractivity contribution in [1.29, 1.82) is 0 Å². The molecule has 24 heavy (non-hydrogen) atoms. The van der Waals surface area contributed by atoms with Crippen LogP contribution in [-0.4, -0.2) is 20.5 Å². The fourth-order valence-electron chi connectivity index (χ4n) is 2.04. The summed E-state index contributed by atoms with van der Waals surface area (Å²) in [7, 11) is -2.09. The molecule has 1 heterocycles. The summed E-state index contributed by atoms with van der Waals surface area (Å²) in [6, 6.07) is 13.4. The van der Waals surface area contributed by atoms with Crippen LogP contribution in [0.5, 0.6) is 5.75 Å². The van der Waals surface area contributed by atoms with Crippen molar-refractivity contribution in [3.05, 3.63) is 53.9 Å². The van der Waals surface area contributed by atoms with Gasteiger partial charge in [0.2, 0.25) is 0 Å². The average molecular weight is 361 g/mol. The molecule has 0 amide bonds. The molecular weight excluding hydrogens is 346 g/mol. The van der Waals surface area contributed by atoms with E-state index in [0.717, 1.165) is 11.3 Å². The van der Waals surface area contributed by atoms with Crippen molar-refractivity contribution in [1.82, 2.24) is 4.98 Å². The van der Waals surface area contributed by atoms with Gasteiger partial charge in [-0.2, -0.15) is 0 Å². The molecule has 2 aromatic carbocycles. The van der Waals surface area contributed by atoms with Crippen LogP contribution in [0.2, 0.25) is 0 Å². The quantitative estimate of drug-likeness (QED) is 0.681. The van der Waals surface area contributed by atoms with E-state index in [1.54, 1.807) is 24.6 Å². The number of rotatable bonds is 5. The van der Waals surface area contributed by atoms with Gasteiger partial charge in [-0.25, -0.2) is 13.4 Å². The number of nitrogens with one attached hydrogen (secondary N) is 1. The Morgan fingerprint density at radius 1 is 1.08 bits per heavy atom.